The average Bonchev–Trinajstić information content (AvgIpc) is 2.57. The Kier molecular flexibility index (Phi) is 5.36. The van der Waals surface area contributed by atoms with Gasteiger partial charge in [-0.25, -0.2) is 4.39 Å². The van der Waals surface area contributed by atoms with Gasteiger partial charge in [-0.15, -0.1) is 13.2 Å². The lowest BCUT2D eigenvalue weighted by Gasteiger charge is -2.36. The molecule has 24 heavy (non-hydrogen) atoms. The molecule has 1 nitrogen and oxygen atoms in total. The highest BCUT2D eigenvalue weighted by atomic mass is 19.4. The highest BCUT2D eigenvalue weighted by Gasteiger charge is 2.33. The number of halogens is 4. The SMILES string of the molecule is Fc1cc(C2CCC(C3CCCCC3)CC2)ccc1OC(F)(F)F. The molecule has 134 valence electrons. The van der Waals surface area contributed by atoms with Gasteiger partial charge in [0.05, 0.1) is 0 Å². The van der Waals surface area contributed by atoms with E-state index in [1.54, 1.807) is 6.07 Å². The van der Waals surface area contributed by atoms with Gasteiger partial charge in [-0.1, -0.05) is 38.2 Å². The van der Waals surface area contributed by atoms with E-state index in [0.29, 0.717) is 0 Å². The van der Waals surface area contributed by atoms with Crippen molar-refractivity contribution in [2.45, 2.75) is 70.1 Å². The van der Waals surface area contributed by atoms with Crippen LogP contribution in [-0.4, -0.2) is 6.36 Å². The van der Waals surface area contributed by atoms with Crippen molar-refractivity contribution in [3.05, 3.63) is 29.6 Å². The van der Waals surface area contributed by atoms with Crippen molar-refractivity contribution in [2.24, 2.45) is 11.8 Å². The molecular formula is C19H24F4O. The van der Waals surface area contributed by atoms with Crippen LogP contribution in [0.3, 0.4) is 0 Å². The van der Waals surface area contributed by atoms with Gasteiger partial charge in [-0.2, -0.15) is 0 Å². The Hall–Kier alpha value is -1.26. The van der Waals surface area contributed by atoms with E-state index in [9.17, 15) is 17.6 Å². The fourth-order valence-corrected chi connectivity index (χ4v) is 4.51. The molecule has 2 fully saturated rings. The van der Waals surface area contributed by atoms with Gasteiger partial charge in [0.1, 0.15) is 0 Å². The maximum atomic E-state index is 13.9. The molecule has 0 aromatic heterocycles. The molecule has 2 aliphatic rings. The van der Waals surface area contributed by atoms with Crippen LogP contribution in [0, 0.1) is 17.7 Å². The lowest BCUT2D eigenvalue weighted by Crippen LogP contribution is -2.23. The molecule has 2 aliphatic carbocycles. The molecule has 0 bridgehead atoms. The summed E-state index contributed by atoms with van der Waals surface area (Å²) in [6.45, 7) is 0. The Labute approximate surface area is 140 Å². The van der Waals surface area contributed by atoms with Gasteiger partial charge < -0.3 is 4.74 Å². The Morgan fingerprint density at radius 1 is 0.833 bits per heavy atom. The smallest absolute Gasteiger partial charge is 0.403 e. The van der Waals surface area contributed by atoms with Crippen LogP contribution in [0.2, 0.25) is 0 Å². The first kappa shape index (κ1) is 17.6. The predicted molar refractivity (Wildman–Crippen MR) is 84.4 cm³/mol. The summed E-state index contributed by atoms with van der Waals surface area (Å²) in [5.41, 5.74) is 0.795. The second-order valence-corrected chi connectivity index (χ2v) is 7.25. The van der Waals surface area contributed by atoms with Crippen molar-refractivity contribution in [3.8, 4) is 5.75 Å². The second kappa shape index (κ2) is 7.32. The third-order valence-corrected chi connectivity index (χ3v) is 5.74. The normalized spacial score (nSPS) is 26.3. The molecule has 3 rings (SSSR count). The minimum Gasteiger partial charge on any atom is -0.403 e. The lowest BCUT2D eigenvalue weighted by atomic mass is 9.70. The summed E-state index contributed by atoms with van der Waals surface area (Å²) >= 11 is 0. The maximum Gasteiger partial charge on any atom is 0.573 e. The van der Waals surface area contributed by atoms with E-state index in [0.717, 1.165) is 49.1 Å². The van der Waals surface area contributed by atoms with E-state index >= 15 is 0 Å². The van der Waals surface area contributed by atoms with E-state index in [2.05, 4.69) is 4.74 Å². The molecule has 0 radical (unpaired) electrons. The summed E-state index contributed by atoms with van der Waals surface area (Å²) in [6, 6.07) is 3.90. The number of ether oxygens (including phenoxy) is 1. The zero-order chi connectivity index (χ0) is 17.2. The van der Waals surface area contributed by atoms with Crippen LogP contribution < -0.4 is 4.74 Å². The van der Waals surface area contributed by atoms with Crippen LogP contribution in [0.15, 0.2) is 18.2 Å². The topological polar surface area (TPSA) is 9.23 Å². The molecule has 1 aromatic rings. The number of alkyl halides is 3. The second-order valence-electron chi connectivity index (χ2n) is 7.25. The minimum atomic E-state index is -4.86. The molecule has 0 saturated heterocycles. The van der Waals surface area contributed by atoms with Gasteiger partial charge in [-0.05, 0) is 61.1 Å². The summed E-state index contributed by atoms with van der Waals surface area (Å²) in [6.07, 6.45) is 6.17. The van der Waals surface area contributed by atoms with Gasteiger partial charge in [0.15, 0.2) is 11.6 Å². The molecule has 1 aromatic carbocycles. The molecule has 0 unspecified atom stereocenters. The molecule has 0 heterocycles. The summed E-state index contributed by atoms with van der Waals surface area (Å²) < 4.78 is 54.2. The third-order valence-electron chi connectivity index (χ3n) is 5.74. The third kappa shape index (κ3) is 4.42. The minimum absolute atomic E-state index is 0.249. The van der Waals surface area contributed by atoms with Gasteiger partial charge >= 0.3 is 6.36 Å². The largest absolute Gasteiger partial charge is 0.573 e. The molecule has 0 N–H and O–H groups in total. The zero-order valence-corrected chi connectivity index (χ0v) is 13.7. The Balaban J connectivity index is 1.59. The van der Waals surface area contributed by atoms with Crippen molar-refractivity contribution in [1.82, 2.24) is 0 Å². The van der Waals surface area contributed by atoms with Crippen molar-refractivity contribution in [1.29, 1.82) is 0 Å². The van der Waals surface area contributed by atoms with Crippen molar-refractivity contribution >= 4 is 0 Å². The maximum absolute atomic E-state index is 13.9. The van der Waals surface area contributed by atoms with Crippen LogP contribution in [0.1, 0.15) is 69.3 Å². The monoisotopic (exact) mass is 344 g/mol. The van der Waals surface area contributed by atoms with E-state index in [-0.39, 0.29) is 5.92 Å². The Morgan fingerprint density at radius 2 is 1.46 bits per heavy atom. The quantitative estimate of drug-likeness (QED) is 0.563. The highest BCUT2D eigenvalue weighted by molar-refractivity contribution is 5.31. The van der Waals surface area contributed by atoms with Crippen LogP contribution in [0.4, 0.5) is 17.6 Å². The molecule has 0 amide bonds. The Bertz CT molecular complexity index is 541. The predicted octanol–water partition coefficient (Wildman–Crippen LogP) is 6.58. The number of hydrogen-bond donors (Lipinski definition) is 0. The van der Waals surface area contributed by atoms with Gasteiger partial charge in [0, 0.05) is 0 Å². The van der Waals surface area contributed by atoms with Crippen molar-refractivity contribution in [3.63, 3.8) is 0 Å². The van der Waals surface area contributed by atoms with Crippen LogP contribution in [-0.2, 0) is 0 Å². The number of hydrogen-bond acceptors (Lipinski definition) is 1. The summed E-state index contributed by atoms with van der Waals surface area (Å²) in [4.78, 5) is 0. The molecular weight excluding hydrogens is 320 g/mol. The Morgan fingerprint density at radius 3 is 2.04 bits per heavy atom. The fourth-order valence-electron chi connectivity index (χ4n) is 4.51. The summed E-state index contributed by atoms with van der Waals surface area (Å²) in [5.74, 6) is 0.193. The van der Waals surface area contributed by atoms with Crippen LogP contribution in [0.25, 0.3) is 0 Å². The number of benzene rings is 1. The summed E-state index contributed by atoms with van der Waals surface area (Å²) in [7, 11) is 0. The standard InChI is InChI=1S/C19H24F4O/c20-17-12-16(10-11-18(17)24-19(21,22)23)15-8-6-14(7-9-15)13-4-2-1-3-5-13/h10-15H,1-9H2. The fraction of sp³-hybridized carbons (Fsp3) is 0.684. The van der Waals surface area contributed by atoms with E-state index in [4.69, 9.17) is 0 Å². The molecule has 0 atom stereocenters. The van der Waals surface area contributed by atoms with Crippen molar-refractivity contribution in [2.75, 3.05) is 0 Å². The van der Waals surface area contributed by atoms with E-state index in [1.807, 2.05) is 0 Å². The van der Waals surface area contributed by atoms with Crippen molar-refractivity contribution < 1.29 is 22.3 Å². The van der Waals surface area contributed by atoms with Crippen LogP contribution in [0.5, 0.6) is 5.75 Å². The van der Waals surface area contributed by atoms with Gasteiger partial charge in [0.2, 0.25) is 0 Å². The lowest BCUT2D eigenvalue weighted by molar-refractivity contribution is -0.275. The average molecular weight is 344 g/mol. The first-order valence-corrected chi connectivity index (χ1v) is 8.97. The number of rotatable bonds is 3. The molecule has 0 aliphatic heterocycles. The first-order valence-electron chi connectivity index (χ1n) is 8.97. The highest BCUT2D eigenvalue weighted by Crippen LogP contribution is 2.43. The van der Waals surface area contributed by atoms with E-state index in [1.165, 1.54) is 38.2 Å². The van der Waals surface area contributed by atoms with Gasteiger partial charge in [0.25, 0.3) is 0 Å². The van der Waals surface area contributed by atoms with E-state index < -0.39 is 17.9 Å². The van der Waals surface area contributed by atoms with Crippen LogP contribution >= 0.6 is 0 Å². The summed E-state index contributed by atoms with van der Waals surface area (Å²) in [5, 5.41) is 0. The zero-order valence-electron chi connectivity index (χ0n) is 13.7. The molecule has 5 heteroatoms. The van der Waals surface area contributed by atoms with Gasteiger partial charge in [-0.3, -0.25) is 0 Å². The molecule has 2 saturated carbocycles. The first-order chi connectivity index (χ1) is 11.4. The molecule has 0 spiro atoms.